The van der Waals surface area contributed by atoms with Crippen LogP contribution in [0.15, 0.2) is 59.8 Å². The van der Waals surface area contributed by atoms with Gasteiger partial charge in [-0.3, -0.25) is 14.5 Å². The first-order chi connectivity index (χ1) is 13.6. The Labute approximate surface area is 164 Å². The Hall–Kier alpha value is -2.95. The lowest BCUT2D eigenvalue weighted by Crippen LogP contribution is -2.37. The maximum atomic E-state index is 13.6. The smallest absolute Gasteiger partial charge is 0.227 e. The van der Waals surface area contributed by atoms with Crippen LogP contribution in [-0.4, -0.2) is 11.7 Å². The molecule has 1 aliphatic carbocycles. The molecule has 0 saturated carbocycles. The molecule has 28 heavy (non-hydrogen) atoms. The number of fused-ring (bicyclic) bond motifs is 1. The molecule has 0 bridgehead atoms. The van der Waals surface area contributed by atoms with Crippen molar-refractivity contribution in [2.75, 3.05) is 10.2 Å². The lowest BCUT2D eigenvalue weighted by atomic mass is 9.85. The van der Waals surface area contributed by atoms with E-state index in [4.69, 9.17) is 0 Å². The lowest BCUT2D eigenvalue weighted by molar-refractivity contribution is -0.119. The number of allylic oxidation sites excluding steroid dienone is 1. The van der Waals surface area contributed by atoms with Crippen LogP contribution in [-0.2, 0) is 9.59 Å². The molecule has 1 N–H and O–H groups in total. The maximum Gasteiger partial charge on any atom is 0.227 e. The van der Waals surface area contributed by atoms with E-state index < -0.39 is 6.04 Å². The fraction of sp³-hybridized carbons (Fsp3) is 0.304. The summed E-state index contributed by atoms with van der Waals surface area (Å²) < 4.78 is 13.6. The molecule has 2 aliphatic rings. The van der Waals surface area contributed by atoms with Gasteiger partial charge in [0, 0.05) is 24.1 Å². The predicted molar refractivity (Wildman–Crippen MR) is 107 cm³/mol. The summed E-state index contributed by atoms with van der Waals surface area (Å²) in [7, 11) is 0. The average Bonchev–Trinajstić information content (AvgIpc) is 2.84. The number of hydrogen-bond acceptors (Lipinski definition) is 3. The molecule has 0 unspecified atom stereocenters. The number of amides is 1. The summed E-state index contributed by atoms with van der Waals surface area (Å²) in [4.78, 5) is 28.0. The zero-order valence-electron chi connectivity index (χ0n) is 15.9. The van der Waals surface area contributed by atoms with Crippen molar-refractivity contribution in [3.05, 3.63) is 71.2 Å². The number of Topliss-reactive ketones (excluding diaryl/α,β-unsaturated/α-hetero) is 1. The number of halogens is 1. The van der Waals surface area contributed by atoms with Gasteiger partial charge in [0.2, 0.25) is 5.91 Å². The Kier molecular flexibility index (Phi) is 4.99. The highest BCUT2D eigenvalue weighted by Crippen LogP contribution is 2.45. The largest absolute Gasteiger partial charge is 0.357 e. The van der Waals surface area contributed by atoms with E-state index >= 15 is 0 Å². The Morgan fingerprint density at radius 3 is 2.64 bits per heavy atom. The summed E-state index contributed by atoms with van der Waals surface area (Å²) in [6, 6.07) is 13.2. The van der Waals surface area contributed by atoms with Gasteiger partial charge in [-0.15, -0.1) is 0 Å². The first-order valence-corrected chi connectivity index (χ1v) is 9.80. The molecule has 0 spiro atoms. The lowest BCUT2D eigenvalue weighted by Gasteiger charge is -2.34. The van der Waals surface area contributed by atoms with Crippen molar-refractivity contribution in [1.29, 1.82) is 0 Å². The van der Waals surface area contributed by atoms with Gasteiger partial charge in [0.05, 0.1) is 17.4 Å². The molecule has 0 aromatic heterocycles. The van der Waals surface area contributed by atoms with E-state index in [0.29, 0.717) is 24.8 Å². The summed E-state index contributed by atoms with van der Waals surface area (Å²) in [5, 5.41) is 3.42. The fourth-order valence-electron chi connectivity index (χ4n) is 4.10. The number of ketones is 1. The minimum Gasteiger partial charge on any atom is -0.357 e. The predicted octanol–water partition coefficient (Wildman–Crippen LogP) is 5.13. The van der Waals surface area contributed by atoms with Crippen LogP contribution in [0.4, 0.5) is 15.8 Å². The van der Waals surface area contributed by atoms with Gasteiger partial charge in [0.1, 0.15) is 5.82 Å². The van der Waals surface area contributed by atoms with Crippen LogP contribution in [0.5, 0.6) is 0 Å². The molecule has 1 aliphatic heterocycles. The van der Waals surface area contributed by atoms with Gasteiger partial charge in [-0.2, -0.15) is 0 Å². The van der Waals surface area contributed by atoms with E-state index in [9.17, 15) is 14.0 Å². The highest BCUT2D eigenvalue weighted by molar-refractivity contribution is 6.06. The molecule has 0 fully saturated rings. The first kappa shape index (κ1) is 18.4. The zero-order valence-corrected chi connectivity index (χ0v) is 15.9. The summed E-state index contributed by atoms with van der Waals surface area (Å²) in [6.07, 6.45) is 3.09. The summed E-state index contributed by atoms with van der Waals surface area (Å²) in [5.41, 5.74) is 3.80. The van der Waals surface area contributed by atoms with Gasteiger partial charge >= 0.3 is 0 Å². The second kappa shape index (κ2) is 7.58. The number of benzene rings is 2. The number of nitrogens with one attached hydrogen (secondary N) is 1. The molecule has 5 heteroatoms. The molecule has 4 rings (SSSR count). The van der Waals surface area contributed by atoms with E-state index in [2.05, 4.69) is 5.32 Å². The monoisotopic (exact) mass is 378 g/mol. The van der Waals surface area contributed by atoms with Crippen LogP contribution in [0.1, 0.15) is 50.6 Å². The van der Waals surface area contributed by atoms with Crippen LogP contribution >= 0.6 is 0 Å². The molecular weight excluding hydrogens is 355 g/mol. The quantitative estimate of drug-likeness (QED) is 0.805. The van der Waals surface area contributed by atoms with Gasteiger partial charge in [0.15, 0.2) is 5.78 Å². The molecule has 0 radical (unpaired) electrons. The molecule has 1 amide bonds. The molecule has 2 aromatic rings. The topological polar surface area (TPSA) is 49.4 Å². The molecule has 144 valence electrons. The standard InChI is InChI=1S/C23H23FN2O2/c1-2-6-21(28)26-19-9-4-3-7-17(19)25-18-8-5-10-20(27)22(18)23(26)15-11-13-16(24)14-12-15/h3-4,7,9,11-14,23,25H,2,5-6,8,10H2,1H3/t23-/m0/s1. The number of carbonyl (C=O) groups is 2. The highest BCUT2D eigenvalue weighted by atomic mass is 19.1. The molecule has 4 nitrogen and oxygen atoms in total. The van der Waals surface area contributed by atoms with E-state index in [0.717, 1.165) is 35.5 Å². The van der Waals surface area contributed by atoms with Crippen molar-refractivity contribution < 1.29 is 14.0 Å². The number of carbonyl (C=O) groups excluding carboxylic acids is 2. The molecule has 2 aromatic carbocycles. The van der Waals surface area contributed by atoms with Gasteiger partial charge in [-0.1, -0.05) is 31.2 Å². The molecular formula is C23H23FN2O2. The van der Waals surface area contributed by atoms with Crippen LogP contribution in [0.2, 0.25) is 0 Å². The third-order valence-corrected chi connectivity index (χ3v) is 5.36. The Morgan fingerprint density at radius 1 is 1.14 bits per heavy atom. The van der Waals surface area contributed by atoms with Crippen LogP contribution < -0.4 is 10.2 Å². The summed E-state index contributed by atoms with van der Waals surface area (Å²) in [5.74, 6) is -0.338. The fourth-order valence-corrected chi connectivity index (χ4v) is 4.10. The zero-order chi connectivity index (χ0) is 19.7. The number of nitrogens with zero attached hydrogens (tertiary/aromatic N) is 1. The van der Waals surface area contributed by atoms with Gasteiger partial charge in [-0.05, 0) is 49.1 Å². The minimum absolute atomic E-state index is 0.0433. The van der Waals surface area contributed by atoms with E-state index in [1.165, 1.54) is 12.1 Å². The van der Waals surface area contributed by atoms with Crippen molar-refractivity contribution in [1.82, 2.24) is 0 Å². The Morgan fingerprint density at radius 2 is 1.89 bits per heavy atom. The maximum absolute atomic E-state index is 13.6. The number of para-hydroxylation sites is 2. The SMILES string of the molecule is CCCC(=O)N1c2ccccc2NC2=C(C(=O)CCC2)[C@@H]1c1ccc(F)cc1. The number of rotatable bonds is 3. The van der Waals surface area contributed by atoms with Crippen molar-refractivity contribution in [2.45, 2.75) is 45.1 Å². The van der Waals surface area contributed by atoms with E-state index in [1.807, 2.05) is 31.2 Å². The average molecular weight is 378 g/mol. The van der Waals surface area contributed by atoms with Crippen molar-refractivity contribution in [3.8, 4) is 0 Å². The summed E-state index contributed by atoms with van der Waals surface area (Å²) in [6.45, 7) is 1.96. The number of anilines is 2. The molecule has 1 atom stereocenters. The normalized spacial score (nSPS) is 18.9. The second-order valence-corrected chi connectivity index (χ2v) is 7.28. The van der Waals surface area contributed by atoms with Crippen molar-refractivity contribution in [2.24, 2.45) is 0 Å². The first-order valence-electron chi connectivity index (χ1n) is 9.80. The summed E-state index contributed by atoms with van der Waals surface area (Å²) >= 11 is 0. The van der Waals surface area contributed by atoms with E-state index in [1.54, 1.807) is 17.0 Å². The molecule has 1 heterocycles. The van der Waals surface area contributed by atoms with Crippen LogP contribution in [0.25, 0.3) is 0 Å². The van der Waals surface area contributed by atoms with Crippen LogP contribution in [0.3, 0.4) is 0 Å². The third kappa shape index (κ3) is 3.21. The highest BCUT2D eigenvalue weighted by Gasteiger charge is 2.39. The number of hydrogen-bond donors (Lipinski definition) is 1. The minimum atomic E-state index is -0.557. The van der Waals surface area contributed by atoms with Gasteiger partial charge < -0.3 is 5.32 Å². The van der Waals surface area contributed by atoms with Crippen molar-refractivity contribution >= 4 is 23.1 Å². The molecule has 0 saturated heterocycles. The van der Waals surface area contributed by atoms with E-state index in [-0.39, 0.29) is 17.5 Å². The Balaban J connectivity index is 1.97. The van der Waals surface area contributed by atoms with Gasteiger partial charge in [-0.25, -0.2) is 4.39 Å². The van der Waals surface area contributed by atoms with Gasteiger partial charge in [0.25, 0.3) is 0 Å². The third-order valence-electron chi connectivity index (χ3n) is 5.36. The second-order valence-electron chi connectivity index (χ2n) is 7.28. The Bertz CT molecular complexity index is 949. The van der Waals surface area contributed by atoms with Crippen LogP contribution in [0, 0.1) is 5.82 Å². The van der Waals surface area contributed by atoms with Crippen molar-refractivity contribution in [3.63, 3.8) is 0 Å².